The number of methoxy groups -OCH3 is 1. The van der Waals surface area contributed by atoms with E-state index in [4.69, 9.17) is 24.9 Å². The number of amides is 1. The van der Waals surface area contributed by atoms with Crippen molar-refractivity contribution in [3.63, 3.8) is 0 Å². The molecule has 1 aliphatic carbocycles. The first-order valence-corrected chi connectivity index (χ1v) is 13.7. The van der Waals surface area contributed by atoms with Crippen LogP contribution >= 0.6 is 0 Å². The molecule has 1 aromatic heterocycles. The van der Waals surface area contributed by atoms with Crippen molar-refractivity contribution in [3.05, 3.63) is 71.2 Å². The molecule has 1 saturated carbocycles. The van der Waals surface area contributed by atoms with E-state index in [2.05, 4.69) is 10.3 Å². The predicted octanol–water partition coefficient (Wildman–Crippen LogP) is 3.82. The summed E-state index contributed by atoms with van der Waals surface area (Å²) in [7, 11) is 1.43. The van der Waals surface area contributed by atoms with Gasteiger partial charge in [0.2, 0.25) is 5.96 Å². The maximum atomic E-state index is 14.8. The van der Waals surface area contributed by atoms with Crippen molar-refractivity contribution >= 4 is 11.9 Å². The van der Waals surface area contributed by atoms with Crippen LogP contribution in [0.25, 0.3) is 11.3 Å². The minimum Gasteiger partial charge on any atom is -0.493 e. The topological polar surface area (TPSA) is 162 Å². The lowest BCUT2D eigenvalue weighted by Crippen LogP contribution is -2.59. The van der Waals surface area contributed by atoms with Gasteiger partial charge in [-0.1, -0.05) is 0 Å². The molecule has 3 aromatic rings. The van der Waals surface area contributed by atoms with Crippen LogP contribution in [0.2, 0.25) is 0 Å². The molecule has 0 spiro atoms. The molecule has 1 fully saturated rings. The molecule has 1 aliphatic heterocycles. The molecular weight excluding hydrogens is 600 g/mol. The zero-order chi connectivity index (χ0) is 32.6. The van der Waals surface area contributed by atoms with E-state index in [0.717, 1.165) is 31.0 Å². The number of hydrogen-bond acceptors (Lipinski definition) is 8. The summed E-state index contributed by atoms with van der Waals surface area (Å²) in [5.41, 5.74) is -5.68. The highest BCUT2D eigenvalue weighted by molar-refractivity contribution is 5.95. The van der Waals surface area contributed by atoms with Gasteiger partial charge in [-0.05, 0) is 68.3 Å². The summed E-state index contributed by atoms with van der Waals surface area (Å²) in [6.07, 6.45) is -1.75. The van der Waals surface area contributed by atoms with Crippen molar-refractivity contribution in [2.45, 2.75) is 43.2 Å². The fourth-order valence-electron chi connectivity index (χ4n) is 4.76. The minimum absolute atomic E-state index is 0.0955. The van der Waals surface area contributed by atoms with E-state index in [1.807, 2.05) is 10.6 Å². The summed E-state index contributed by atoms with van der Waals surface area (Å²) in [6.45, 7) is -0.272. The van der Waals surface area contributed by atoms with Crippen LogP contribution in [-0.2, 0) is 11.1 Å². The molecule has 0 radical (unpaired) electrons. The summed E-state index contributed by atoms with van der Waals surface area (Å²) >= 11 is 0. The number of halogens is 4. The highest BCUT2D eigenvalue weighted by atomic mass is 19.4. The van der Waals surface area contributed by atoms with Crippen LogP contribution in [0.15, 0.2) is 48.5 Å². The van der Waals surface area contributed by atoms with Crippen molar-refractivity contribution in [2.75, 3.05) is 20.3 Å². The first-order chi connectivity index (χ1) is 21.3. The van der Waals surface area contributed by atoms with Crippen LogP contribution in [0.3, 0.4) is 0 Å². The van der Waals surface area contributed by atoms with E-state index in [1.54, 1.807) is 6.07 Å². The number of nitriles is 1. The van der Waals surface area contributed by atoms with Gasteiger partial charge >= 0.3 is 6.18 Å². The number of fused-ring (bicyclic) bond motifs is 1. The second-order valence-electron chi connectivity index (χ2n) is 10.8. The number of guanidine groups is 1. The fourth-order valence-corrected chi connectivity index (χ4v) is 4.76. The zero-order valence-electron chi connectivity index (χ0n) is 24.0. The molecule has 45 heavy (non-hydrogen) atoms. The standard InChI is InChI=1S/C30H28F4N6O5/c1-28(42,13-37-26(41)17-5-10-21(22(11-17)43-2)45-19-8-9-19)23-12-20-25(24(39-23)16-3-6-18(31)7-4-16)44-14-29(20,30(32,33)34)40-27(36)38-15-35/h3-7,10-12,19,42H,8-9,13-14H2,1-2H3,(H,37,41)(H3,36,38,40)/t28-,29-/m0/s1. The molecule has 5 N–H and O–H groups in total. The van der Waals surface area contributed by atoms with Gasteiger partial charge < -0.3 is 30.0 Å². The number of benzene rings is 2. The molecule has 1 amide bonds. The lowest BCUT2D eigenvalue weighted by atomic mass is 9.87. The molecular formula is C30H28F4N6O5. The maximum Gasteiger partial charge on any atom is 0.419 e. The Kier molecular flexibility index (Phi) is 8.19. The number of nitrogens with one attached hydrogen (secondary N) is 4. The largest absolute Gasteiger partial charge is 0.493 e. The Bertz CT molecular complexity index is 1670. The van der Waals surface area contributed by atoms with Gasteiger partial charge in [0.15, 0.2) is 29.0 Å². The van der Waals surface area contributed by atoms with Crippen molar-refractivity contribution < 1.29 is 41.7 Å². The molecule has 236 valence electrons. The second kappa shape index (κ2) is 11.8. The number of rotatable bonds is 9. The third-order valence-electron chi connectivity index (χ3n) is 7.38. The highest BCUT2D eigenvalue weighted by Crippen LogP contribution is 2.51. The van der Waals surface area contributed by atoms with E-state index in [0.29, 0.717) is 11.5 Å². The predicted molar refractivity (Wildman–Crippen MR) is 151 cm³/mol. The average Bonchev–Trinajstić information content (AvgIpc) is 3.74. The number of aromatic nitrogens is 1. The molecule has 2 atom stereocenters. The van der Waals surface area contributed by atoms with E-state index >= 15 is 0 Å². The first-order valence-electron chi connectivity index (χ1n) is 13.7. The molecule has 2 aromatic carbocycles. The number of pyridine rings is 1. The number of alkyl halides is 3. The van der Waals surface area contributed by atoms with Crippen LogP contribution in [-0.4, -0.2) is 54.5 Å². The third kappa shape index (κ3) is 6.27. The van der Waals surface area contributed by atoms with Crippen molar-refractivity contribution in [1.29, 1.82) is 10.7 Å². The lowest BCUT2D eigenvalue weighted by Gasteiger charge is -2.33. The van der Waals surface area contributed by atoms with Gasteiger partial charge in [-0.3, -0.25) is 15.5 Å². The van der Waals surface area contributed by atoms with Gasteiger partial charge in [-0.25, -0.2) is 9.37 Å². The quantitative estimate of drug-likeness (QED) is 0.0780. The second-order valence-corrected chi connectivity index (χ2v) is 10.8. The molecule has 0 unspecified atom stereocenters. The van der Waals surface area contributed by atoms with E-state index in [-0.39, 0.29) is 34.4 Å². The Morgan fingerprint density at radius 2 is 1.91 bits per heavy atom. The SMILES string of the molecule is COc1cc(C(=O)NC[C@](C)(O)c2cc3c(c(-c4ccc(F)cc4)n2)OC[C@@]3(NC(=N)NC#N)C(F)(F)F)ccc1OC1CC1. The fraction of sp³-hybridized carbons (Fsp3) is 0.333. The molecule has 2 aliphatic rings. The molecule has 0 saturated heterocycles. The van der Waals surface area contributed by atoms with Crippen molar-refractivity contribution in [1.82, 2.24) is 20.9 Å². The number of carbonyl (C=O) groups is 1. The van der Waals surface area contributed by atoms with Crippen LogP contribution in [0.4, 0.5) is 17.6 Å². The normalized spacial score (nSPS) is 18.4. The Hall–Kier alpha value is -5.10. The van der Waals surface area contributed by atoms with E-state index in [1.165, 1.54) is 44.5 Å². The van der Waals surface area contributed by atoms with Crippen LogP contribution in [0.5, 0.6) is 17.2 Å². The van der Waals surface area contributed by atoms with Crippen LogP contribution < -0.4 is 30.2 Å². The molecule has 0 bridgehead atoms. The molecule has 2 heterocycles. The van der Waals surface area contributed by atoms with E-state index in [9.17, 15) is 27.5 Å². The summed E-state index contributed by atoms with van der Waals surface area (Å²) in [5.74, 6) is -1.68. The molecule has 5 rings (SSSR count). The van der Waals surface area contributed by atoms with Gasteiger partial charge in [-0.15, -0.1) is 0 Å². The number of nitrogens with zero attached hydrogens (tertiary/aromatic N) is 2. The van der Waals surface area contributed by atoms with Gasteiger partial charge in [0.1, 0.15) is 23.7 Å². The van der Waals surface area contributed by atoms with Gasteiger partial charge in [-0.2, -0.15) is 18.4 Å². The lowest BCUT2D eigenvalue weighted by molar-refractivity contribution is -0.198. The summed E-state index contributed by atoms with van der Waals surface area (Å²) in [4.78, 5) is 17.5. The van der Waals surface area contributed by atoms with Crippen molar-refractivity contribution in [2.24, 2.45) is 0 Å². The zero-order valence-corrected chi connectivity index (χ0v) is 24.0. The summed E-state index contributed by atoms with van der Waals surface area (Å²) in [5, 5.41) is 34.6. The van der Waals surface area contributed by atoms with Gasteiger partial charge in [0.25, 0.3) is 5.91 Å². The Labute approximate surface area is 254 Å². The number of ether oxygens (including phenoxy) is 3. The number of hydrogen-bond donors (Lipinski definition) is 5. The molecule has 15 heteroatoms. The van der Waals surface area contributed by atoms with E-state index < -0.39 is 53.7 Å². The smallest absolute Gasteiger partial charge is 0.419 e. The number of carbonyl (C=O) groups excluding carboxylic acids is 1. The Balaban J connectivity index is 1.51. The Morgan fingerprint density at radius 1 is 1.20 bits per heavy atom. The van der Waals surface area contributed by atoms with Crippen LogP contribution in [0, 0.1) is 22.7 Å². The van der Waals surface area contributed by atoms with Crippen LogP contribution in [0.1, 0.15) is 41.4 Å². The average molecular weight is 629 g/mol. The minimum atomic E-state index is -5.07. The third-order valence-corrected chi connectivity index (χ3v) is 7.38. The monoisotopic (exact) mass is 628 g/mol. The van der Waals surface area contributed by atoms with Crippen molar-refractivity contribution in [3.8, 4) is 34.7 Å². The summed E-state index contributed by atoms with van der Waals surface area (Å²) in [6, 6.07) is 10.3. The number of aliphatic hydroxyl groups is 1. The Morgan fingerprint density at radius 3 is 2.53 bits per heavy atom. The maximum absolute atomic E-state index is 14.8. The molecule has 11 nitrogen and oxygen atoms in total. The highest BCUT2D eigenvalue weighted by Gasteiger charge is 2.62. The summed E-state index contributed by atoms with van der Waals surface area (Å²) < 4.78 is 74.6. The van der Waals surface area contributed by atoms with Gasteiger partial charge in [0.05, 0.1) is 25.5 Å². The van der Waals surface area contributed by atoms with Gasteiger partial charge in [0, 0.05) is 16.7 Å². The first kappa shape index (κ1) is 31.3.